The molecule has 3 heterocycles. The molecule has 2 aromatic carbocycles. The van der Waals surface area contributed by atoms with Crippen molar-refractivity contribution in [2.24, 2.45) is 0 Å². The van der Waals surface area contributed by atoms with Gasteiger partial charge in [0.25, 0.3) is 5.56 Å². The monoisotopic (exact) mass is 496 g/mol. The van der Waals surface area contributed by atoms with E-state index in [1.807, 2.05) is 12.1 Å². The van der Waals surface area contributed by atoms with Crippen molar-refractivity contribution in [1.29, 1.82) is 5.41 Å². The van der Waals surface area contributed by atoms with Gasteiger partial charge in [0, 0.05) is 48.9 Å². The van der Waals surface area contributed by atoms with Gasteiger partial charge in [0.1, 0.15) is 11.9 Å². The molecule has 0 aliphatic carbocycles. The van der Waals surface area contributed by atoms with Crippen molar-refractivity contribution in [3.8, 4) is 11.4 Å². The summed E-state index contributed by atoms with van der Waals surface area (Å²) in [5.41, 5.74) is 2.25. The zero-order valence-electron chi connectivity index (χ0n) is 19.6. The second kappa shape index (κ2) is 9.81. The third kappa shape index (κ3) is 4.88. The second-order valence-electron chi connectivity index (χ2n) is 9.16. The minimum Gasteiger partial charge on any atom is -0.485 e. The smallest absolute Gasteiger partial charge is 0.416 e. The van der Waals surface area contributed by atoms with Crippen LogP contribution in [0.15, 0.2) is 59.5 Å². The Labute approximate surface area is 206 Å². The molecule has 3 aromatic rings. The number of anilines is 1. The van der Waals surface area contributed by atoms with Crippen molar-refractivity contribution in [1.82, 2.24) is 9.47 Å². The fraction of sp³-hybridized carbons (Fsp3) is 0.333. The molecular weight excluding hydrogens is 469 g/mol. The summed E-state index contributed by atoms with van der Waals surface area (Å²) in [5.74, 6) is 0.439. The molecule has 0 saturated carbocycles. The maximum atomic E-state index is 13.3. The summed E-state index contributed by atoms with van der Waals surface area (Å²) >= 11 is 0. The number of nitrogens with zero attached hydrogens (tertiary/aromatic N) is 2. The first-order valence-electron chi connectivity index (χ1n) is 12.0. The molecule has 1 unspecified atom stereocenters. The van der Waals surface area contributed by atoms with Gasteiger partial charge in [-0.1, -0.05) is 12.1 Å². The number of hydrogen-bond acceptors (Lipinski definition) is 5. The lowest BCUT2D eigenvalue weighted by molar-refractivity contribution is -0.137. The highest BCUT2D eigenvalue weighted by atomic mass is 19.4. The zero-order valence-corrected chi connectivity index (χ0v) is 19.6. The van der Waals surface area contributed by atoms with E-state index in [2.05, 4.69) is 10.2 Å². The van der Waals surface area contributed by atoms with E-state index in [1.165, 1.54) is 35.8 Å². The number of rotatable bonds is 7. The van der Waals surface area contributed by atoms with Gasteiger partial charge in [-0.2, -0.15) is 13.2 Å². The number of ether oxygens (including phenoxy) is 1. The first-order valence-corrected chi connectivity index (χ1v) is 12.0. The molecule has 6 nitrogen and oxygen atoms in total. The highest BCUT2D eigenvalue weighted by Crippen LogP contribution is 2.36. The average Bonchev–Trinajstić information content (AvgIpc) is 3.55. The highest BCUT2D eigenvalue weighted by Gasteiger charge is 2.32. The first-order chi connectivity index (χ1) is 17.3. The van der Waals surface area contributed by atoms with Gasteiger partial charge >= 0.3 is 6.18 Å². The molecule has 5 rings (SSSR count). The van der Waals surface area contributed by atoms with Crippen LogP contribution in [0.2, 0.25) is 0 Å². The van der Waals surface area contributed by atoms with Crippen LogP contribution in [0.3, 0.4) is 0 Å². The Kier molecular flexibility index (Phi) is 6.57. The van der Waals surface area contributed by atoms with Crippen molar-refractivity contribution in [3.05, 3.63) is 87.3 Å². The maximum Gasteiger partial charge on any atom is 0.416 e. The topological polar surface area (TPSA) is 70.3 Å². The van der Waals surface area contributed by atoms with Crippen LogP contribution in [0, 0.1) is 5.41 Å². The Morgan fingerprint density at radius 2 is 1.83 bits per heavy atom. The Balaban J connectivity index is 1.33. The van der Waals surface area contributed by atoms with E-state index in [1.54, 1.807) is 18.3 Å². The van der Waals surface area contributed by atoms with Gasteiger partial charge in [-0.25, -0.2) is 0 Å². The predicted octanol–water partition coefficient (Wildman–Crippen LogP) is 5.04. The molecule has 2 aliphatic rings. The van der Waals surface area contributed by atoms with Crippen molar-refractivity contribution >= 4 is 11.9 Å². The van der Waals surface area contributed by atoms with Crippen LogP contribution in [0.1, 0.15) is 41.2 Å². The molecule has 0 amide bonds. The third-order valence-corrected chi connectivity index (χ3v) is 6.83. The quantitative estimate of drug-likeness (QED) is 0.450. The predicted molar refractivity (Wildman–Crippen MR) is 133 cm³/mol. The molecule has 0 bridgehead atoms. The Bertz CT molecular complexity index is 1310. The van der Waals surface area contributed by atoms with Gasteiger partial charge in [0.05, 0.1) is 11.1 Å². The van der Waals surface area contributed by atoms with Crippen molar-refractivity contribution in [2.45, 2.75) is 31.5 Å². The Morgan fingerprint density at radius 3 is 2.53 bits per heavy atom. The summed E-state index contributed by atoms with van der Waals surface area (Å²) < 4.78 is 46.0. The molecule has 2 N–H and O–H groups in total. The van der Waals surface area contributed by atoms with Crippen LogP contribution in [0.5, 0.6) is 5.75 Å². The van der Waals surface area contributed by atoms with Crippen LogP contribution in [-0.4, -0.2) is 41.9 Å². The van der Waals surface area contributed by atoms with Gasteiger partial charge in [0.2, 0.25) is 0 Å². The number of benzene rings is 2. The Morgan fingerprint density at radius 1 is 1.08 bits per heavy atom. The molecule has 1 fully saturated rings. The number of alkyl halides is 3. The van der Waals surface area contributed by atoms with E-state index >= 15 is 0 Å². The lowest BCUT2D eigenvalue weighted by Crippen LogP contribution is -2.26. The van der Waals surface area contributed by atoms with Crippen molar-refractivity contribution < 1.29 is 17.9 Å². The summed E-state index contributed by atoms with van der Waals surface area (Å²) in [5, 5.41) is 11.2. The molecular formula is C27H27F3N4O2. The van der Waals surface area contributed by atoms with Gasteiger partial charge < -0.3 is 20.4 Å². The number of pyridine rings is 1. The van der Waals surface area contributed by atoms with Gasteiger partial charge in [-0.3, -0.25) is 9.36 Å². The van der Waals surface area contributed by atoms with E-state index in [9.17, 15) is 18.0 Å². The molecule has 188 valence electrons. The van der Waals surface area contributed by atoms with Gasteiger partial charge in [-0.05, 0) is 67.9 Å². The molecule has 9 heteroatoms. The summed E-state index contributed by atoms with van der Waals surface area (Å²) in [4.78, 5) is 15.7. The lowest BCUT2D eigenvalue weighted by atomic mass is 10.0. The largest absolute Gasteiger partial charge is 0.485 e. The number of fused-ring (bicyclic) bond motifs is 1. The Hall–Kier alpha value is -3.59. The average molecular weight is 497 g/mol. The van der Waals surface area contributed by atoms with Crippen LogP contribution in [0.25, 0.3) is 5.69 Å². The van der Waals surface area contributed by atoms with E-state index in [4.69, 9.17) is 10.1 Å². The molecule has 2 aliphatic heterocycles. The molecule has 1 aromatic heterocycles. The normalized spacial score (nSPS) is 17.6. The second-order valence-corrected chi connectivity index (χ2v) is 9.16. The van der Waals surface area contributed by atoms with Crippen molar-refractivity contribution in [2.75, 3.05) is 31.5 Å². The van der Waals surface area contributed by atoms with E-state index < -0.39 is 17.8 Å². The van der Waals surface area contributed by atoms with Crippen LogP contribution in [-0.2, 0) is 12.6 Å². The van der Waals surface area contributed by atoms with Crippen LogP contribution >= 0.6 is 0 Å². The molecule has 0 radical (unpaired) electrons. The minimum atomic E-state index is -4.40. The first kappa shape index (κ1) is 24.1. The van der Waals surface area contributed by atoms with E-state index in [0.717, 1.165) is 44.0 Å². The van der Waals surface area contributed by atoms with Gasteiger partial charge in [0.15, 0.2) is 0 Å². The maximum absolute atomic E-state index is 13.3. The SMILES string of the molecule is N=Cc1cc(-n2ccc3c(c2=O)CC(c2ccc(C(F)(F)F)cc2)O3)ccc1NCCN1CCCC1. The summed E-state index contributed by atoms with van der Waals surface area (Å²) in [6.07, 6.45) is 0.723. The highest BCUT2D eigenvalue weighted by molar-refractivity contribution is 5.86. The molecule has 36 heavy (non-hydrogen) atoms. The summed E-state index contributed by atoms with van der Waals surface area (Å²) in [6, 6.07) is 12.0. The molecule has 1 saturated heterocycles. The summed E-state index contributed by atoms with van der Waals surface area (Å²) in [7, 11) is 0. The molecule has 1 atom stereocenters. The number of likely N-dealkylation sites (tertiary alicyclic amines) is 1. The molecule has 0 spiro atoms. The van der Waals surface area contributed by atoms with Crippen LogP contribution < -0.4 is 15.6 Å². The van der Waals surface area contributed by atoms with Crippen molar-refractivity contribution in [3.63, 3.8) is 0 Å². The van der Waals surface area contributed by atoms with E-state index in [-0.39, 0.29) is 12.0 Å². The van der Waals surface area contributed by atoms with E-state index in [0.29, 0.717) is 28.1 Å². The summed E-state index contributed by atoms with van der Waals surface area (Å²) in [6.45, 7) is 3.98. The van der Waals surface area contributed by atoms with Crippen LogP contribution in [0.4, 0.5) is 18.9 Å². The third-order valence-electron chi connectivity index (χ3n) is 6.83. The minimum absolute atomic E-state index is 0.243. The fourth-order valence-corrected chi connectivity index (χ4v) is 4.85. The fourth-order valence-electron chi connectivity index (χ4n) is 4.85. The number of aromatic nitrogens is 1. The standard InChI is InChI=1S/C27H27F3N4O2/c28-27(29,30)20-5-3-18(4-6-20)25-16-22-24(36-25)9-13-34(26(22)35)21-7-8-23(19(15-21)17-31)32-10-14-33-11-1-2-12-33/h3-9,13,15,17,25,31-32H,1-2,10-12,14,16H2. The number of nitrogens with one attached hydrogen (secondary N) is 2. The zero-order chi connectivity index (χ0) is 25.3. The lowest BCUT2D eigenvalue weighted by Gasteiger charge is -2.17. The number of halogens is 3. The number of hydrogen-bond donors (Lipinski definition) is 2. The van der Waals surface area contributed by atoms with Gasteiger partial charge in [-0.15, -0.1) is 0 Å².